The molecule has 1 N–H and O–H groups in total. The summed E-state index contributed by atoms with van der Waals surface area (Å²) in [6.07, 6.45) is 7.54. The van der Waals surface area contributed by atoms with E-state index in [0.29, 0.717) is 5.78 Å². The van der Waals surface area contributed by atoms with E-state index in [1.54, 1.807) is 0 Å². The van der Waals surface area contributed by atoms with Crippen molar-refractivity contribution in [3.63, 3.8) is 0 Å². The Bertz CT molecular complexity index is 195. The molecule has 0 atom stereocenters. The normalized spacial score (nSPS) is 27.2. The summed E-state index contributed by atoms with van der Waals surface area (Å²) < 4.78 is 0. The van der Waals surface area contributed by atoms with E-state index >= 15 is 0 Å². The topological polar surface area (TPSA) is 37.3 Å². The Morgan fingerprint density at radius 3 is 2.23 bits per heavy atom. The van der Waals surface area contributed by atoms with Crippen LogP contribution >= 0.6 is 0 Å². The van der Waals surface area contributed by atoms with Gasteiger partial charge in [0, 0.05) is 5.92 Å². The average molecular weight is 182 g/mol. The second kappa shape index (κ2) is 3.41. The highest BCUT2D eigenvalue weighted by atomic mass is 16.3. The lowest BCUT2D eigenvalue weighted by atomic mass is 9.63. The molecule has 0 aromatic carbocycles. The molecule has 0 radical (unpaired) electrons. The Morgan fingerprint density at radius 1 is 1.23 bits per heavy atom. The van der Waals surface area contributed by atoms with Gasteiger partial charge in [-0.15, -0.1) is 0 Å². The van der Waals surface area contributed by atoms with E-state index in [-0.39, 0.29) is 17.9 Å². The van der Waals surface area contributed by atoms with E-state index in [1.807, 2.05) is 0 Å². The third kappa shape index (κ3) is 1.41. The summed E-state index contributed by atoms with van der Waals surface area (Å²) in [6, 6.07) is 0. The second-order valence-corrected chi connectivity index (χ2v) is 4.64. The first kappa shape index (κ1) is 9.20. The molecule has 0 aliphatic heterocycles. The van der Waals surface area contributed by atoms with Crippen LogP contribution in [0.2, 0.25) is 0 Å². The number of carbonyl (C=O) groups excluding carboxylic acids is 1. The Hall–Kier alpha value is -0.370. The Labute approximate surface area is 79.3 Å². The molecule has 0 spiro atoms. The van der Waals surface area contributed by atoms with Crippen molar-refractivity contribution in [1.82, 2.24) is 0 Å². The van der Waals surface area contributed by atoms with Gasteiger partial charge < -0.3 is 5.11 Å². The summed E-state index contributed by atoms with van der Waals surface area (Å²) in [5, 5.41) is 9.25. The van der Waals surface area contributed by atoms with Crippen molar-refractivity contribution in [2.45, 2.75) is 44.9 Å². The van der Waals surface area contributed by atoms with Gasteiger partial charge in [-0.2, -0.15) is 0 Å². The number of carbonyl (C=O) groups is 1. The van der Waals surface area contributed by atoms with Gasteiger partial charge >= 0.3 is 0 Å². The molecule has 0 aromatic heterocycles. The minimum absolute atomic E-state index is 0.0856. The SMILES string of the molecule is O=C(C1CCCC1)C1(CO)CCC1. The first-order chi connectivity index (χ1) is 6.28. The number of aliphatic hydroxyl groups excluding tert-OH is 1. The van der Waals surface area contributed by atoms with Crippen LogP contribution in [0.4, 0.5) is 0 Å². The summed E-state index contributed by atoms with van der Waals surface area (Å²) in [4.78, 5) is 12.0. The molecule has 2 fully saturated rings. The van der Waals surface area contributed by atoms with Gasteiger partial charge in [0.2, 0.25) is 0 Å². The van der Waals surface area contributed by atoms with Crippen LogP contribution in [0.15, 0.2) is 0 Å². The lowest BCUT2D eigenvalue weighted by molar-refractivity contribution is -0.141. The Morgan fingerprint density at radius 2 is 1.85 bits per heavy atom. The van der Waals surface area contributed by atoms with Gasteiger partial charge in [0.1, 0.15) is 5.78 Å². The van der Waals surface area contributed by atoms with Gasteiger partial charge in [0.15, 0.2) is 0 Å². The van der Waals surface area contributed by atoms with Crippen molar-refractivity contribution >= 4 is 5.78 Å². The zero-order valence-electron chi connectivity index (χ0n) is 8.09. The molecule has 2 saturated carbocycles. The summed E-state index contributed by atoms with van der Waals surface area (Å²) in [7, 11) is 0. The fourth-order valence-electron chi connectivity index (χ4n) is 2.71. The van der Waals surface area contributed by atoms with Crippen molar-refractivity contribution in [3.05, 3.63) is 0 Å². The molecule has 2 aliphatic rings. The molecule has 74 valence electrons. The molecule has 0 aromatic rings. The zero-order valence-corrected chi connectivity index (χ0v) is 8.09. The fourth-order valence-corrected chi connectivity index (χ4v) is 2.71. The van der Waals surface area contributed by atoms with Gasteiger partial charge in [-0.25, -0.2) is 0 Å². The lowest BCUT2D eigenvalue weighted by Crippen LogP contribution is -2.44. The Balaban J connectivity index is 2.01. The maximum Gasteiger partial charge on any atom is 0.144 e. The van der Waals surface area contributed by atoms with E-state index in [0.717, 1.165) is 32.1 Å². The zero-order chi connectivity index (χ0) is 9.31. The Kier molecular flexibility index (Phi) is 2.41. The van der Waals surface area contributed by atoms with Crippen LogP contribution in [-0.2, 0) is 4.79 Å². The summed E-state index contributed by atoms with van der Waals surface area (Å²) in [6.45, 7) is 0.0856. The maximum atomic E-state index is 12.0. The van der Waals surface area contributed by atoms with Gasteiger partial charge in [-0.05, 0) is 25.7 Å². The smallest absolute Gasteiger partial charge is 0.144 e. The standard InChI is InChI=1S/C11H18O2/c12-8-11(6-3-7-11)10(13)9-4-1-2-5-9/h9,12H,1-8H2. The first-order valence-corrected chi connectivity index (χ1v) is 5.44. The van der Waals surface area contributed by atoms with E-state index in [2.05, 4.69) is 0 Å². The molecule has 2 rings (SSSR count). The van der Waals surface area contributed by atoms with E-state index < -0.39 is 0 Å². The third-order valence-electron chi connectivity index (χ3n) is 3.86. The van der Waals surface area contributed by atoms with Crippen LogP contribution in [-0.4, -0.2) is 17.5 Å². The van der Waals surface area contributed by atoms with Crippen molar-refractivity contribution in [2.24, 2.45) is 11.3 Å². The van der Waals surface area contributed by atoms with Gasteiger partial charge in [0.05, 0.1) is 12.0 Å². The fraction of sp³-hybridized carbons (Fsp3) is 0.909. The summed E-state index contributed by atoms with van der Waals surface area (Å²) in [5.41, 5.74) is -0.297. The van der Waals surface area contributed by atoms with E-state index in [4.69, 9.17) is 0 Å². The summed E-state index contributed by atoms with van der Waals surface area (Å²) in [5.74, 6) is 0.659. The highest BCUT2D eigenvalue weighted by Crippen LogP contribution is 2.45. The molecule has 0 heterocycles. The molecule has 2 nitrogen and oxygen atoms in total. The van der Waals surface area contributed by atoms with Crippen molar-refractivity contribution in [1.29, 1.82) is 0 Å². The predicted molar refractivity (Wildman–Crippen MR) is 50.3 cm³/mol. The van der Waals surface area contributed by atoms with Crippen LogP contribution in [0.5, 0.6) is 0 Å². The molecule has 2 heteroatoms. The molecule has 13 heavy (non-hydrogen) atoms. The van der Waals surface area contributed by atoms with Crippen LogP contribution in [0.1, 0.15) is 44.9 Å². The van der Waals surface area contributed by atoms with Crippen LogP contribution in [0, 0.1) is 11.3 Å². The second-order valence-electron chi connectivity index (χ2n) is 4.64. The van der Waals surface area contributed by atoms with E-state index in [1.165, 1.54) is 12.8 Å². The molecule has 0 amide bonds. The van der Waals surface area contributed by atoms with Crippen LogP contribution in [0.25, 0.3) is 0 Å². The number of aliphatic hydroxyl groups is 1. The quantitative estimate of drug-likeness (QED) is 0.724. The van der Waals surface area contributed by atoms with Crippen molar-refractivity contribution in [2.75, 3.05) is 6.61 Å². The number of ketones is 1. The third-order valence-corrected chi connectivity index (χ3v) is 3.86. The maximum absolute atomic E-state index is 12.0. The van der Waals surface area contributed by atoms with Gasteiger partial charge in [0.25, 0.3) is 0 Å². The highest BCUT2D eigenvalue weighted by molar-refractivity contribution is 5.88. The minimum atomic E-state index is -0.297. The highest BCUT2D eigenvalue weighted by Gasteiger charge is 2.46. The van der Waals surface area contributed by atoms with Crippen molar-refractivity contribution in [3.8, 4) is 0 Å². The summed E-state index contributed by atoms with van der Waals surface area (Å²) >= 11 is 0. The number of hydrogen-bond acceptors (Lipinski definition) is 2. The average Bonchev–Trinajstić information content (AvgIpc) is 2.54. The first-order valence-electron chi connectivity index (χ1n) is 5.44. The molecular weight excluding hydrogens is 164 g/mol. The monoisotopic (exact) mass is 182 g/mol. The van der Waals surface area contributed by atoms with Gasteiger partial charge in [-0.1, -0.05) is 19.3 Å². The molecule has 2 aliphatic carbocycles. The molecule has 0 unspecified atom stereocenters. The molecular formula is C11H18O2. The predicted octanol–water partition coefficient (Wildman–Crippen LogP) is 1.91. The number of Topliss-reactive ketones (excluding diaryl/α,β-unsaturated/α-hetero) is 1. The van der Waals surface area contributed by atoms with Crippen molar-refractivity contribution < 1.29 is 9.90 Å². The minimum Gasteiger partial charge on any atom is -0.395 e. The van der Waals surface area contributed by atoms with Crippen LogP contribution in [0.3, 0.4) is 0 Å². The number of hydrogen-bond donors (Lipinski definition) is 1. The van der Waals surface area contributed by atoms with E-state index in [9.17, 15) is 9.90 Å². The lowest BCUT2D eigenvalue weighted by Gasteiger charge is -2.40. The largest absolute Gasteiger partial charge is 0.395 e. The van der Waals surface area contributed by atoms with Crippen LogP contribution < -0.4 is 0 Å². The van der Waals surface area contributed by atoms with Gasteiger partial charge in [-0.3, -0.25) is 4.79 Å². The number of rotatable bonds is 3. The molecule has 0 bridgehead atoms. The molecule has 0 saturated heterocycles.